The number of aromatic nitrogens is 1. The van der Waals surface area contributed by atoms with Crippen LogP contribution in [0.25, 0.3) is 10.9 Å². The quantitative estimate of drug-likeness (QED) is 0.747. The van der Waals surface area contributed by atoms with Gasteiger partial charge in [0.2, 0.25) is 0 Å². The number of benzene rings is 1. The van der Waals surface area contributed by atoms with Crippen LogP contribution in [0, 0.1) is 6.92 Å². The van der Waals surface area contributed by atoms with E-state index in [0.29, 0.717) is 0 Å². The van der Waals surface area contributed by atoms with Crippen molar-refractivity contribution >= 4 is 16.7 Å². The minimum atomic E-state index is 0.830. The monoisotopic (exact) mass is 188 g/mol. The molecule has 2 nitrogen and oxygen atoms in total. The van der Waals surface area contributed by atoms with Gasteiger partial charge in [0.25, 0.3) is 0 Å². The van der Waals surface area contributed by atoms with Gasteiger partial charge in [0, 0.05) is 16.5 Å². The van der Waals surface area contributed by atoms with Gasteiger partial charge in [-0.25, -0.2) is 0 Å². The number of nitrogen functional groups attached to an aromatic ring is 1. The Kier molecular flexibility index (Phi) is 2.20. The van der Waals surface area contributed by atoms with E-state index in [2.05, 4.69) is 37.0 Å². The molecule has 2 heteroatoms. The van der Waals surface area contributed by atoms with E-state index in [1.807, 2.05) is 0 Å². The number of H-pyrrole nitrogens is 1. The zero-order valence-corrected chi connectivity index (χ0v) is 8.72. The van der Waals surface area contributed by atoms with Gasteiger partial charge in [-0.1, -0.05) is 25.5 Å². The first kappa shape index (κ1) is 9.13. The van der Waals surface area contributed by atoms with E-state index in [0.717, 1.165) is 24.2 Å². The van der Waals surface area contributed by atoms with Crippen LogP contribution in [0.15, 0.2) is 18.2 Å². The molecule has 1 aromatic carbocycles. The second kappa shape index (κ2) is 3.37. The van der Waals surface area contributed by atoms with Crippen LogP contribution in [0.5, 0.6) is 0 Å². The fraction of sp³-hybridized carbons (Fsp3) is 0.333. The van der Waals surface area contributed by atoms with E-state index in [1.165, 1.54) is 16.5 Å². The number of hydrogen-bond donors (Lipinski definition) is 2. The molecule has 2 aromatic rings. The van der Waals surface area contributed by atoms with Gasteiger partial charge in [-0.05, 0) is 25.0 Å². The van der Waals surface area contributed by atoms with Gasteiger partial charge in [-0.15, -0.1) is 0 Å². The molecule has 0 saturated carbocycles. The Hall–Kier alpha value is -1.44. The van der Waals surface area contributed by atoms with Gasteiger partial charge in [0.05, 0.1) is 0 Å². The molecule has 0 saturated heterocycles. The molecular weight excluding hydrogens is 172 g/mol. The van der Waals surface area contributed by atoms with Gasteiger partial charge < -0.3 is 10.7 Å². The molecule has 0 aliphatic heterocycles. The summed E-state index contributed by atoms with van der Waals surface area (Å²) in [6, 6.07) is 6.27. The molecule has 3 N–H and O–H groups in total. The number of aryl methyl sites for hydroxylation is 2. The summed E-state index contributed by atoms with van der Waals surface area (Å²) in [5.41, 5.74) is 9.69. The first-order valence-corrected chi connectivity index (χ1v) is 5.09. The lowest BCUT2D eigenvalue weighted by Crippen LogP contribution is -1.91. The van der Waals surface area contributed by atoms with Gasteiger partial charge in [0.1, 0.15) is 5.82 Å². The number of anilines is 1. The van der Waals surface area contributed by atoms with Crippen molar-refractivity contribution in [2.24, 2.45) is 0 Å². The van der Waals surface area contributed by atoms with Crippen molar-refractivity contribution in [3.05, 3.63) is 29.3 Å². The third-order valence-electron chi connectivity index (χ3n) is 2.67. The molecule has 2 rings (SSSR count). The number of hydrogen-bond acceptors (Lipinski definition) is 1. The molecule has 0 unspecified atom stereocenters. The molecule has 1 heterocycles. The van der Waals surface area contributed by atoms with E-state index in [1.54, 1.807) is 0 Å². The van der Waals surface area contributed by atoms with Crippen LogP contribution in [0.1, 0.15) is 24.5 Å². The highest BCUT2D eigenvalue weighted by atomic mass is 14.8. The van der Waals surface area contributed by atoms with Crippen LogP contribution in [0.2, 0.25) is 0 Å². The molecule has 14 heavy (non-hydrogen) atoms. The third kappa shape index (κ3) is 1.27. The molecular formula is C12H16N2. The Morgan fingerprint density at radius 2 is 2.14 bits per heavy atom. The first-order valence-electron chi connectivity index (χ1n) is 5.09. The number of fused-ring (bicyclic) bond motifs is 1. The fourth-order valence-electron chi connectivity index (χ4n) is 2.04. The van der Waals surface area contributed by atoms with E-state index < -0.39 is 0 Å². The zero-order chi connectivity index (χ0) is 10.1. The minimum Gasteiger partial charge on any atom is -0.385 e. The van der Waals surface area contributed by atoms with Gasteiger partial charge in [-0.3, -0.25) is 0 Å². The average molecular weight is 188 g/mol. The zero-order valence-electron chi connectivity index (χ0n) is 8.72. The topological polar surface area (TPSA) is 41.8 Å². The second-order valence-electron chi connectivity index (χ2n) is 3.76. The number of nitrogens with one attached hydrogen (secondary N) is 1. The van der Waals surface area contributed by atoms with E-state index in [4.69, 9.17) is 5.73 Å². The summed E-state index contributed by atoms with van der Waals surface area (Å²) in [7, 11) is 0. The average Bonchev–Trinajstić information content (AvgIpc) is 2.45. The van der Waals surface area contributed by atoms with Crippen LogP contribution < -0.4 is 5.73 Å². The van der Waals surface area contributed by atoms with Crippen LogP contribution in [0.3, 0.4) is 0 Å². The van der Waals surface area contributed by atoms with Crippen LogP contribution >= 0.6 is 0 Å². The Morgan fingerprint density at radius 3 is 2.86 bits per heavy atom. The SMILES string of the molecule is CCCc1c(N)[nH]c2cccc(C)c12. The fourth-order valence-corrected chi connectivity index (χ4v) is 2.04. The summed E-state index contributed by atoms with van der Waals surface area (Å²) in [4.78, 5) is 3.23. The Balaban J connectivity index is 2.73. The van der Waals surface area contributed by atoms with Gasteiger partial charge >= 0.3 is 0 Å². The minimum absolute atomic E-state index is 0.830. The maximum absolute atomic E-state index is 5.95. The Morgan fingerprint density at radius 1 is 1.36 bits per heavy atom. The van der Waals surface area contributed by atoms with Crippen LogP contribution in [-0.2, 0) is 6.42 Å². The maximum atomic E-state index is 5.95. The molecule has 0 aliphatic carbocycles. The summed E-state index contributed by atoms with van der Waals surface area (Å²) in [5.74, 6) is 0.830. The van der Waals surface area contributed by atoms with E-state index >= 15 is 0 Å². The van der Waals surface area contributed by atoms with Crippen LogP contribution in [0.4, 0.5) is 5.82 Å². The van der Waals surface area contributed by atoms with Gasteiger partial charge in [0.15, 0.2) is 0 Å². The number of rotatable bonds is 2. The van der Waals surface area contributed by atoms with Crippen molar-refractivity contribution in [1.29, 1.82) is 0 Å². The number of aromatic amines is 1. The molecule has 0 amide bonds. The van der Waals surface area contributed by atoms with Crippen molar-refractivity contribution in [2.75, 3.05) is 5.73 Å². The lowest BCUT2D eigenvalue weighted by molar-refractivity contribution is 0.931. The predicted octanol–water partition coefficient (Wildman–Crippen LogP) is 3.01. The molecule has 0 bridgehead atoms. The van der Waals surface area contributed by atoms with Crippen molar-refractivity contribution in [1.82, 2.24) is 4.98 Å². The molecule has 0 aliphatic rings. The molecule has 74 valence electrons. The summed E-state index contributed by atoms with van der Waals surface area (Å²) in [5, 5.41) is 1.31. The van der Waals surface area contributed by atoms with Gasteiger partial charge in [-0.2, -0.15) is 0 Å². The molecule has 0 atom stereocenters. The summed E-state index contributed by atoms with van der Waals surface area (Å²) < 4.78 is 0. The second-order valence-corrected chi connectivity index (χ2v) is 3.76. The largest absolute Gasteiger partial charge is 0.385 e. The highest BCUT2D eigenvalue weighted by Gasteiger charge is 2.09. The molecule has 1 aromatic heterocycles. The Bertz CT molecular complexity index is 455. The van der Waals surface area contributed by atoms with E-state index in [9.17, 15) is 0 Å². The highest BCUT2D eigenvalue weighted by molar-refractivity contribution is 5.90. The van der Waals surface area contributed by atoms with Crippen LogP contribution in [-0.4, -0.2) is 4.98 Å². The molecule has 0 fully saturated rings. The molecule has 0 radical (unpaired) electrons. The maximum Gasteiger partial charge on any atom is 0.104 e. The van der Waals surface area contributed by atoms with Crippen molar-refractivity contribution in [3.8, 4) is 0 Å². The lowest BCUT2D eigenvalue weighted by Gasteiger charge is -2.00. The smallest absolute Gasteiger partial charge is 0.104 e. The standard InChI is InChI=1S/C12H16N2/c1-3-5-9-11-8(2)6-4-7-10(11)14-12(9)13/h4,6-7,14H,3,5,13H2,1-2H3. The normalized spacial score (nSPS) is 11.0. The van der Waals surface area contributed by atoms with Crippen molar-refractivity contribution < 1.29 is 0 Å². The predicted molar refractivity (Wildman–Crippen MR) is 61.4 cm³/mol. The molecule has 0 spiro atoms. The van der Waals surface area contributed by atoms with E-state index in [-0.39, 0.29) is 0 Å². The third-order valence-corrected chi connectivity index (χ3v) is 2.67. The summed E-state index contributed by atoms with van der Waals surface area (Å²) >= 11 is 0. The Labute approximate surface area is 84.1 Å². The van der Waals surface area contributed by atoms with Crippen molar-refractivity contribution in [2.45, 2.75) is 26.7 Å². The highest BCUT2D eigenvalue weighted by Crippen LogP contribution is 2.28. The number of nitrogens with two attached hydrogens (primary N) is 1. The lowest BCUT2D eigenvalue weighted by atomic mass is 10.0. The first-order chi connectivity index (χ1) is 6.74. The summed E-state index contributed by atoms with van der Waals surface area (Å²) in [6.45, 7) is 4.31. The summed E-state index contributed by atoms with van der Waals surface area (Å²) in [6.07, 6.45) is 2.18. The van der Waals surface area contributed by atoms with Crippen molar-refractivity contribution in [3.63, 3.8) is 0 Å².